The maximum Gasteiger partial charge on any atom is 0.223 e. The Balaban J connectivity index is 3.11. The summed E-state index contributed by atoms with van der Waals surface area (Å²) in [7, 11) is 0. The monoisotopic (exact) mass is 271 g/mol. The van der Waals surface area contributed by atoms with Gasteiger partial charge in [-0.3, -0.25) is 0 Å². The van der Waals surface area contributed by atoms with E-state index < -0.39 is 0 Å². The van der Waals surface area contributed by atoms with Crippen molar-refractivity contribution in [1.82, 2.24) is 0 Å². The van der Waals surface area contributed by atoms with Crippen LogP contribution in [0.4, 0.5) is 5.69 Å². The standard InChI is InChI=1S/C10H14ClN5S/c1-2-17-8-4-3-6(11)5-7(8)15-10(14)16-9(12)13/h3-5H,2H2,1H3,(H6,12,13,14,15,16). The summed E-state index contributed by atoms with van der Waals surface area (Å²) >= 11 is 7.54. The minimum absolute atomic E-state index is 0.00483. The zero-order valence-electron chi connectivity index (χ0n) is 9.35. The molecule has 1 rings (SSSR count). The molecule has 0 aliphatic rings. The molecule has 0 saturated heterocycles. The van der Waals surface area contributed by atoms with E-state index in [1.165, 1.54) is 0 Å². The van der Waals surface area contributed by atoms with Crippen LogP contribution in [0.1, 0.15) is 6.92 Å². The van der Waals surface area contributed by atoms with E-state index in [0.29, 0.717) is 10.7 Å². The number of halogens is 1. The van der Waals surface area contributed by atoms with Crippen LogP contribution in [0.25, 0.3) is 0 Å². The predicted molar refractivity (Wildman–Crippen MR) is 74.9 cm³/mol. The number of guanidine groups is 2. The fraction of sp³-hybridized carbons (Fsp3) is 0.200. The Labute approximate surface area is 109 Å². The lowest BCUT2D eigenvalue weighted by atomic mass is 10.3. The number of aliphatic imine (C=N–C) groups is 2. The molecule has 0 fully saturated rings. The minimum atomic E-state index is -0.127. The molecule has 0 saturated carbocycles. The molecule has 0 atom stereocenters. The minimum Gasteiger partial charge on any atom is -0.370 e. The van der Waals surface area contributed by atoms with Gasteiger partial charge in [0.1, 0.15) is 0 Å². The van der Waals surface area contributed by atoms with Crippen LogP contribution in [0.5, 0.6) is 0 Å². The van der Waals surface area contributed by atoms with Gasteiger partial charge in [-0.1, -0.05) is 18.5 Å². The van der Waals surface area contributed by atoms with Crippen molar-refractivity contribution < 1.29 is 0 Å². The Morgan fingerprint density at radius 3 is 2.65 bits per heavy atom. The molecule has 0 aliphatic heterocycles. The van der Waals surface area contributed by atoms with E-state index in [0.717, 1.165) is 10.6 Å². The largest absolute Gasteiger partial charge is 0.370 e. The van der Waals surface area contributed by atoms with Gasteiger partial charge in [-0.15, -0.1) is 11.8 Å². The van der Waals surface area contributed by atoms with Crippen LogP contribution in [0.3, 0.4) is 0 Å². The molecule has 0 heterocycles. The van der Waals surface area contributed by atoms with E-state index >= 15 is 0 Å². The number of nitrogens with zero attached hydrogens (tertiary/aromatic N) is 2. The van der Waals surface area contributed by atoms with Gasteiger partial charge in [0, 0.05) is 9.92 Å². The van der Waals surface area contributed by atoms with E-state index in [-0.39, 0.29) is 11.9 Å². The molecule has 0 spiro atoms. The Morgan fingerprint density at radius 2 is 2.06 bits per heavy atom. The van der Waals surface area contributed by atoms with Gasteiger partial charge < -0.3 is 17.2 Å². The topological polar surface area (TPSA) is 103 Å². The molecule has 0 unspecified atom stereocenters. The van der Waals surface area contributed by atoms with Crippen molar-refractivity contribution >= 4 is 41.0 Å². The molecule has 0 bridgehead atoms. The normalized spacial score (nSPS) is 11.3. The molecule has 6 N–H and O–H groups in total. The molecule has 17 heavy (non-hydrogen) atoms. The third-order valence-electron chi connectivity index (χ3n) is 1.70. The van der Waals surface area contributed by atoms with Crippen molar-refractivity contribution in [3.63, 3.8) is 0 Å². The van der Waals surface area contributed by atoms with Gasteiger partial charge >= 0.3 is 0 Å². The van der Waals surface area contributed by atoms with Crippen LogP contribution in [0, 0.1) is 0 Å². The van der Waals surface area contributed by atoms with E-state index in [4.69, 9.17) is 28.8 Å². The number of thioether (sulfide) groups is 1. The molecule has 5 nitrogen and oxygen atoms in total. The van der Waals surface area contributed by atoms with Crippen molar-refractivity contribution in [1.29, 1.82) is 0 Å². The first-order chi connectivity index (χ1) is 8.02. The van der Waals surface area contributed by atoms with Gasteiger partial charge in [0.25, 0.3) is 0 Å². The number of benzene rings is 1. The van der Waals surface area contributed by atoms with E-state index in [1.54, 1.807) is 23.9 Å². The first-order valence-electron chi connectivity index (χ1n) is 4.89. The molecule has 0 amide bonds. The molecule has 7 heteroatoms. The summed E-state index contributed by atoms with van der Waals surface area (Å²) in [6.07, 6.45) is 0. The average molecular weight is 272 g/mol. The highest BCUT2D eigenvalue weighted by Gasteiger charge is 2.03. The summed E-state index contributed by atoms with van der Waals surface area (Å²) in [6.45, 7) is 2.05. The fourth-order valence-corrected chi connectivity index (χ4v) is 2.03. The Bertz CT molecular complexity index is 454. The molecule has 0 aromatic heterocycles. The Kier molecular flexibility index (Phi) is 5.11. The van der Waals surface area contributed by atoms with Crippen molar-refractivity contribution in [2.24, 2.45) is 27.2 Å². The van der Waals surface area contributed by atoms with Crippen molar-refractivity contribution in [2.45, 2.75) is 11.8 Å². The number of hydrogen-bond acceptors (Lipinski definition) is 2. The zero-order chi connectivity index (χ0) is 12.8. The molecule has 0 radical (unpaired) electrons. The third kappa shape index (κ3) is 4.54. The average Bonchev–Trinajstić information content (AvgIpc) is 2.21. The number of nitrogens with two attached hydrogens (primary N) is 3. The molecular formula is C10H14ClN5S. The second kappa shape index (κ2) is 6.36. The maximum absolute atomic E-state index is 5.90. The van der Waals surface area contributed by atoms with Gasteiger partial charge in [-0.05, 0) is 24.0 Å². The van der Waals surface area contributed by atoms with Gasteiger partial charge in [0.2, 0.25) is 5.96 Å². The van der Waals surface area contributed by atoms with E-state index in [2.05, 4.69) is 9.98 Å². The van der Waals surface area contributed by atoms with Gasteiger partial charge in [-0.25, -0.2) is 4.99 Å². The SMILES string of the molecule is CCSc1ccc(Cl)cc1N=C(N)N=C(N)N. The first kappa shape index (κ1) is 13.7. The summed E-state index contributed by atoms with van der Waals surface area (Å²) < 4.78 is 0. The smallest absolute Gasteiger partial charge is 0.223 e. The molecule has 92 valence electrons. The van der Waals surface area contributed by atoms with Gasteiger partial charge in [0.15, 0.2) is 5.96 Å². The highest BCUT2D eigenvalue weighted by atomic mass is 35.5. The third-order valence-corrected chi connectivity index (χ3v) is 2.88. The Morgan fingerprint density at radius 1 is 1.35 bits per heavy atom. The summed E-state index contributed by atoms with van der Waals surface area (Å²) in [6, 6.07) is 5.40. The lowest BCUT2D eigenvalue weighted by Crippen LogP contribution is -2.26. The highest BCUT2D eigenvalue weighted by Crippen LogP contribution is 2.31. The van der Waals surface area contributed by atoms with Crippen LogP contribution >= 0.6 is 23.4 Å². The highest BCUT2D eigenvalue weighted by molar-refractivity contribution is 7.99. The number of rotatable bonds is 3. The zero-order valence-corrected chi connectivity index (χ0v) is 10.9. The van der Waals surface area contributed by atoms with Crippen LogP contribution < -0.4 is 17.2 Å². The van der Waals surface area contributed by atoms with Gasteiger partial charge in [0.05, 0.1) is 5.69 Å². The van der Waals surface area contributed by atoms with E-state index in [9.17, 15) is 0 Å². The van der Waals surface area contributed by atoms with Crippen molar-refractivity contribution in [3.05, 3.63) is 23.2 Å². The van der Waals surface area contributed by atoms with Crippen LogP contribution in [-0.2, 0) is 0 Å². The molecule has 0 aliphatic carbocycles. The fourth-order valence-electron chi connectivity index (χ4n) is 1.14. The molecular weight excluding hydrogens is 258 g/mol. The summed E-state index contributed by atoms with van der Waals surface area (Å²) in [4.78, 5) is 8.75. The molecule has 1 aromatic carbocycles. The van der Waals surface area contributed by atoms with Crippen LogP contribution in [0.2, 0.25) is 5.02 Å². The van der Waals surface area contributed by atoms with Crippen molar-refractivity contribution in [2.75, 3.05) is 5.75 Å². The second-order valence-corrected chi connectivity index (χ2v) is 4.79. The lowest BCUT2D eigenvalue weighted by molar-refractivity contribution is 1.32. The first-order valence-corrected chi connectivity index (χ1v) is 6.25. The second-order valence-electron chi connectivity index (χ2n) is 3.05. The van der Waals surface area contributed by atoms with Crippen LogP contribution in [0.15, 0.2) is 33.1 Å². The predicted octanol–water partition coefficient (Wildman–Crippen LogP) is 1.67. The van der Waals surface area contributed by atoms with Crippen molar-refractivity contribution in [3.8, 4) is 0 Å². The van der Waals surface area contributed by atoms with Crippen LogP contribution in [-0.4, -0.2) is 17.7 Å². The maximum atomic E-state index is 5.90. The van der Waals surface area contributed by atoms with E-state index in [1.807, 2.05) is 13.0 Å². The quantitative estimate of drug-likeness (QED) is 0.442. The van der Waals surface area contributed by atoms with Gasteiger partial charge in [-0.2, -0.15) is 4.99 Å². The summed E-state index contributed by atoms with van der Waals surface area (Å²) in [5.41, 5.74) is 16.6. The summed E-state index contributed by atoms with van der Waals surface area (Å²) in [5.74, 6) is 0.801. The molecule has 1 aromatic rings. The Hall–Kier alpha value is -1.40. The number of hydrogen-bond donors (Lipinski definition) is 3. The lowest BCUT2D eigenvalue weighted by Gasteiger charge is -2.04. The summed E-state index contributed by atoms with van der Waals surface area (Å²) in [5, 5.41) is 0.585.